The molecular formula is C25H29N3O3. The largest absolute Gasteiger partial charge is 0.494 e. The molecule has 1 saturated heterocycles. The fourth-order valence-electron chi connectivity index (χ4n) is 3.82. The van der Waals surface area contributed by atoms with Gasteiger partial charge in [0.2, 0.25) is 0 Å². The zero-order chi connectivity index (χ0) is 21.5. The average Bonchev–Trinajstić information content (AvgIpc) is 2.82. The Morgan fingerprint density at radius 3 is 2.68 bits per heavy atom. The van der Waals surface area contributed by atoms with E-state index in [1.807, 2.05) is 61.5 Å². The first-order chi connectivity index (χ1) is 15.2. The van der Waals surface area contributed by atoms with Gasteiger partial charge in [0.15, 0.2) is 0 Å². The summed E-state index contributed by atoms with van der Waals surface area (Å²) >= 11 is 0. The third-order valence-corrected chi connectivity index (χ3v) is 5.46. The molecule has 1 aliphatic rings. The van der Waals surface area contributed by atoms with Crippen LogP contribution >= 0.6 is 0 Å². The maximum absolute atomic E-state index is 13.0. The molecule has 1 fully saturated rings. The summed E-state index contributed by atoms with van der Waals surface area (Å²) in [5.41, 5.74) is 2.20. The molecule has 1 N–H and O–H groups in total. The molecule has 0 atom stereocenters. The van der Waals surface area contributed by atoms with Crippen LogP contribution in [0.25, 0.3) is 22.0 Å². The summed E-state index contributed by atoms with van der Waals surface area (Å²) in [6, 6.07) is 17.7. The molecule has 1 aromatic heterocycles. The first-order valence-corrected chi connectivity index (χ1v) is 11.0. The van der Waals surface area contributed by atoms with Crippen molar-refractivity contribution in [2.75, 3.05) is 46.0 Å². The van der Waals surface area contributed by atoms with Gasteiger partial charge in [-0.3, -0.25) is 9.69 Å². The standard InChI is InChI=1S/C25H29N3O3/c1-2-31-21-10-8-19(9-11-21)23-18-20-6-3-4-7-22(20)24(27-23)25(29)26-12-5-13-28-14-16-30-17-15-28/h3-4,6-11,18H,2,5,12-17H2,1H3,(H,26,29). The molecular weight excluding hydrogens is 390 g/mol. The number of rotatable bonds is 8. The molecule has 1 amide bonds. The lowest BCUT2D eigenvalue weighted by Crippen LogP contribution is -2.38. The highest BCUT2D eigenvalue weighted by Gasteiger charge is 2.15. The molecule has 6 heteroatoms. The summed E-state index contributed by atoms with van der Waals surface area (Å²) in [4.78, 5) is 20.1. The molecule has 2 heterocycles. The smallest absolute Gasteiger partial charge is 0.270 e. The Morgan fingerprint density at radius 2 is 1.90 bits per heavy atom. The van der Waals surface area contributed by atoms with Gasteiger partial charge >= 0.3 is 0 Å². The van der Waals surface area contributed by atoms with Gasteiger partial charge in [0.25, 0.3) is 5.91 Å². The Balaban J connectivity index is 1.49. The van der Waals surface area contributed by atoms with Crippen LogP contribution in [0, 0.1) is 0 Å². The number of hydrogen-bond acceptors (Lipinski definition) is 5. The van der Waals surface area contributed by atoms with Crippen LogP contribution in [-0.4, -0.2) is 61.8 Å². The number of ether oxygens (including phenoxy) is 2. The SMILES string of the molecule is CCOc1ccc(-c2cc3ccccc3c(C(=O)NCCCN3CCOCC3)n2)cc1. The Kier molecular flexibility index (Phi) is 7.12. The Labute approximate surface area is 183 Å². The molecule has 4 rings (SSSR count). The second kappa shape index (κ2) is 10.4. The molecule has 6 nitrogen and oxygen atoms in total. The third-order valence-electron chi connectivity index (χ3n) is 5.46. The first-order valence-electron chi connectivity index (χ1n) is 11.0. The molecule has 0 spiro atoms. The van der Waals surface area contributed by atoms with Crippen molar-refractivity contribution in [3.63, 3.8) is 0 Å². The maximum Gasteiger partial charge on any atom is 0.270 e. The van der Waals surface area contributed by atoms with Crippen LogP contribution in [0.15, 0.2) is 54.6 Å². The second-order valence-electron chi connectivity index (χ2n) is 7.60. The van der Waals surface area contributed by atoms with E-state index in [-0.39, 0.29) is 5.91 Å². The van der Waals surface area contributed by atoms with E-state index in [1.165, 1.54) is 0 Å². The predicted octanol–water partition coefficient (Wildman–Crippen LogP) is 3.75. The van der Waals surface area contributed by atoms with Crippen LogP contribution in [0.5, 0.6) is 5.75 Å². The van der Waals surface area contributed by atoms with Crippen molar-refractivity contribution < 1.29 is 14.3 Å². The van der Waals surface area contributed by atoms with Gasteiger partial charge in [-0.2, -0.15) is 0 Å². The van der Waals surface area contributed by atoms with Gasteiger partial charge in [-0.25, -0.2) is 4.98 Å². The fourth-order valence-corrected chi connectivity index (χ4v) is 3.82. The Hall–Kier alpha value is -2.96. The zero-order valence-electron chi connectivity index (χ0n) is 18.0. The maximum atomic E-state index is 13.0. The minimum absolute atomic E-state index is 0.133. The molecule has 0 saturated carbocycles. The number of carbonyl (C=O) groups excluding carboxylic acids is 1. The van der Waals surface area contributed by atoms with E-state index in [1.54, 1.807) is 0 Å². The van der Waals surface area contributed by atoms with Crippen LogP contribution in [0.4, 0.5) is 0 Å². The normalized spacial score (nSPS) is 14.5. The van der Waals surface area contributed by atoms with Crippen molar-refractivity contribution >= 4 is 16.7 Å². The van der Waals surface area contributed by atoms with E-state index in [4.69, 9.17) is 14.5 Å². The summed E-state index contributed by atoms with van der Waals surface area (Å²) in [5.74, 6) is 0.691. The lowest BCUT2D eigenvalue weighted by molar-refractivity contribution is 0.0374. The molecule has 0 bridgehead atoms. The van der Waals surface area contributed by atoms with Gasteiger partial charge in [-0.1, -0.05) is 24.3 Å². The van der Waals surface area contributed by atoms with Crippen LogP contribution in [0.2, 0.25) is 0 Å². The number of benzene rings is 2. The summed E-state index contributed by atoms with van der Waals surface area (Å²) in [6.07, 6.45) is 0.905. The highest BCUT2D eigenvalue weighted by Crippen LogP contribution is 2.26. The third kappa shape index (κ3) is 5.40. The topological polar surface area (TPSA) is 63.7 Å². The summed E-state index contributed by atoms with van der Waals surface area (Å²) in [5, 5.41) is 4.92. The number of amides is 1. The first kappa shape index (κ1) is 21.3. The monoisotopic (exact) mass is 419 g/mol. The van der Waals surface area contributed by atoms with E-state index in [9.17, 15) is 4.79 Å². The molecule has 0 aliphatic carbocycles. The van der Waals surface area contributed by atoms with Crippen molar-refractivity contribution in [1.29, 1.82) is 0 Å². The number of fused-ring (bicyclic) bond motifs is 1. The number of hydrogen-bond donors (Lipinski definition) is 1. The van der Waals surface area contributed by atoms with Crippen molar-refractivity contribution in [2.45, 2.75) is 13.3 Å². The fraction of sp³-hybridized carbons (Fsp3) is 0.360. The van der Waals surface area contributed by atoms with Crippen molar-refractivity contribution in [3.05, 3.63) is 60.3 Å². The molecule has 1 aliphatic heterocycles. The van der Waals surface area contributed by atoms with Crippen LogP contribution in [0.1, 0.15) is 23.8 Å². The number of aromatic nitrogens is 1. The quantitative estimate of drug-likeness (QED) is 0.564. The number of pyridine rings is 1. The molecule has 0 radical (unpaired) electrons. The van der Waals surface area contributed by atoms with Gasteiger partial charge in [0.05, 0.1) is 25.5 Å². The Bertz CT molecular complexity index is 1010. The molecule has 31 heavy (non-hydrogen) atoms. The van der Waals surface area contributed by atoms with Crippen LogP contribution < -0.4 is 10.1 Å². The van der Waals surface area contributed by atoms with Crippen molar-refractivity contribution in [3.8, 4) is 17.0 Å². The highest BCUT2D eigenvalue weighted by molar-refractivity contribution is 6.06. The summed E-state index contributed by atoms with van der Waals surface area (Å²) < 4.78 is 10.9. The molecule has 2 aromatic carbocycles. The van der Waals surface area contributed by atoms with Crippen LogP contribution in [-0.2, 0) is 4.74 Å². The van der Waals surface area contributed by atoms with Crippen LogP contribution in [0.3, 0.4) is 0 Å². The van der Waals surface area contributed by atoms with Gasteiger partial charge in [0.1, 0.15) is 11.4 Å². The molecule has 3 aromatic rings. The van der Waals surface area contributed by atoms with Crippen molar-refractivity contribution in [1.82, 2.24) is 15.2 Å². The van der Waals surface area contributed by atoms with E-state index >= 15 is 0 Å². The van der Waals surface area contributed by atoms with Gasteiger partial charge in [-0.15, -0.1) is 0 Å². The predicted molar refractivity (Wildman–Crippen MR) is 123 cm³/mol. The summed E-state index contributed by atoms with van der Waals surface area (Å²) in [7, 11) is 0. The minimum Gasteiger partial charge on any atom is -0.494 e. The lowest BCUT2D eigenvalue weighted by Gasteiger charge is -2.26. The Morgan fingerprint density at radius 1 is 1.13 bits per heavy atom. The molecule has 0 unspecified atom stereocenters. The lowest BCUT2D eigenvalue weighted by atomic mass is 10.0. The van der Waals surface area contributed by atoms with Gasteiger partial charge in [-0.05, 0) is 55.6 Å². The zero-order valence-corrected chi connectivity index (χ0v) is 18.0. The molecule has 162 valence electrons. The van der Waals surface area contributed by atoms with E-state index in [0.29, 0.717) is 18.8 Å². The number of carbonyl (C=O) groups is 1. The number of nitrogens with one attached hydrogen (secondary N) is 1. The second-order valence-corrected chi connectivity index (χ2v) is 7.60. The van der Waals surface area contributed by atoms with E-state index in [2.05, 4.69) is 10.2 Å². The van der Waals surface area contributed by atoms with Gasteiger partial charge < -0.3 is 14.8 Å². The number of morpholine rings is 1. The van der Waals surface area contributed by atoms with Gasteiger partial charge in [0, 0.05) is 30.6 Å². The minimum atomic E-state index is -0.133. The van der Waals surface area contributed by atoms with Crippen molar-refractivity contribution in [2.24, 2.45) is 0 Å². The van der Waals surface area contributed by atoms with E-state index in [0.717, 1.165) is 67.0 Å². The highest BCUT2D eigenvalue weighted by atomic mass is 16.5. The summed E-state index contributed by atoms with van der Waals surface area (Å²) in [6.45, 7) is 7.69. The number of nitrogens with zero attached hydrogens (tertiary/aromatic N) is 2. The van der Waals surface area contributed by atoms with E-state index < -0.39 is 0 Å². The average molecular weight is 420 g/mol.